The van der Waals surface area contributed by atoms with Crippen LogP contribution in [-0.4, -0.2) is 17.5 Å². The summed E-state index contributed by atoms with van der Waals surface area (Å²) in [5.74, 6) is 0.0352. The number of halogens is 1. The number of hydrogen-bond donors (Lipinski definition) is 2. The molecular weight excluding hydrogens is 339 g/mol. The van der Waals surface area contributed by atoms with Crippen LogP contribution in [0.3, 0.4) is 0 Å². The molecule has 100 valence electrons. The van der Waals surface area contributed by atoms with Crippen LogP contribution in [-0.2, 0) is 11.3 Å². The third kappa shape index (κ3) is 5.82. The zero-order chi connectivity index (χ0) is 13.8. The van der Waals surface area contributed by atoms with Crippen molar-refractivity contribution in [1.29, 1.82) is 0 Å². The largest absolute Gasteiger partial charge is 0.350 e. The van der Waals surface area contributed by atoms with E-state index in [2.05, 4.69) is 57.5 Å². The minimum Gasteiger partial charge on any atom is -0.350 e. The lowest BCUT2D eigenvalue weighted by molar-refractivity contribution is -0.124. The van der Waals surface area contributed by atoms with Crippen LogP contribution in [0.1, 0.15) is 33.3 Å². The number of rotatable bonds is 4. The maximum atomic E-state index is 11.9. The Morgan fingerprint density at radius 1 is 1.28 bits per heavy atom. The summed E-state index contributed by atoms with van der Waals surface area (Å²) in [5, 5.41) is 6.19. The minimum absolute atomic E-state index is 0.0352. The van der Waals surface area contributed by atoms with Crippen LogP contribution in [0, 0.1) is 3.57 Å². The van der Waals surface area contributed by atoms with Gasteiger partial charge >= 0.3 is 0 Å². The molecule has 1 atom stereocenters. The summed E-state index contributed by atoms with van der Waals surface area (Å²) < 4.78 is 1.22. The average molecular weight is 360 g/mol. The second-order valence-corrected chi connectivity index (χ2v) is 6.71. The molecule has 0 spiro atoms. The third-order valence-electron chi connectivity index (χ3n) is 2.42. The highest BCUT2D eigenvalue weighted by Crippen LogP contribution is 2.07. The van der Waals surface area contributed by atoms with Gasteiger partial charge in [0.05, 0.1) is 6.04 Å². The molecule has 3 nitrogen and oxygen atoms in total. The summed E-state index contributed by atoms with van der Waals surface area (Å²) in [6.45, 7) is 8.54. The number of carbonyl (C=O) groups excluding carboxylic acids is 1. The van der Waals surface area contributed by atoms with E-state index in [1.807, 2.05) is 27.7 Å². The molecule has 0 bridgehead atoms. The van der Waals surface area contributed by atoms with Gasteiger partial charge in [-0.2, -0.15) is 0 Å². The highest BCUT2D eigenvalue weighted by atomic mass is 127. The summed E-state index contributed by atoms with van der Waals surface area (Å²) in [7, 11) is 0. The van der Waals surface area contributed by atoms with Gasteiger partial charge in [-0.25, -0.2) is 0 Å². The Kier molecular flexibility index (Phi) is 5.59. The Bertz CT molecular complexity index is 395. The quantitative estimate of drug-likeness (QED) is 0.811. The fourth-order valence-electron chi connectivity index (χ4n) is 1.44. The fraction of sp³-hybridized carbons (Fsp3) is 0.500. The summed E-state index contributed by atoms with van der Waals surface area (Å²) >= 11 is 2.28. The van der Waals surface area contributed by atoms with E-state index < -0.39 is 0 Å². The van der Waals surface area contributed by atoms with Crippen LogP contribution in [0.4, 0.5) is 0 Å². The van der Waals surface area contributed by atoms with E-state index in [4.69, 9.17) is 0 Å². The molecule has 0 heterocycles. The Hall–Kier alpha value is -0.620. The van der Waals surface area contributed by atoms with Gasteiger partial charge in [0.1, 0.15) is 0 Å². The van der Waals surface area contributed by atoms with Crippen molar-refractivity contribution in [1.82, 2.24) is 10.6 Å². The van der Waals surface area contributed by atoms with Crippen LogP contribution in [0.5, 0.6) is 0 Å². The Morgan fingerprint density at radius 3 is 2.33 bits per heavy atom. The first-order valence-corrected chi connectivity index (χ1v) is 7.16. The van der Waals surface area contributed by atoms with E-state index in [9.17, 15) is 4.79 Å². The predicted octanol–water partition coefficient (Wildman–Crippen LogP) is 2.68. The van der Waals surface area contributed by atoms with Crippen molar-refractivity contribution in [3.05, 3.63) is 33.4 Å². The lowest BCUT2D eigenvalue weighted by Gasteiger charge is -2.23. The van der Waals surface area contributed by atoms with E-state index >= 15 is 0 Å². The van der Waals surface area contributed by atoms with Gasteiger partial charge in [0, 0.05) is 15.7 Å². The summed E-state index contributed by atoms with van der Waals surface area (Å²) in [6, 6.07) is 8.09. The smallest absolute Gasteiger partial charge is 0.237 e. The van der Waals surface area contributed by atoms with E-state index in [1.165, 1.54) is 9.13 Å². The van der Waals surface area contributed by atoms with Gasteiger partial charge in [-0.3, -0.25) is 4.79 Å². The van der Waals surface area contributed by atoms with Crippen LogP contribution in [0.15, 0.2) is 24.3 Å². The fourth-order valence-corrected chi connectivity index (χ4v) is 1.80. The second kappa shape index (κ2) is 6.52. The predicted molar refractivity (Wildman–Crippen MR) is 83.4 cm³/mol. The van der Waals surface area contributed by atoms with E-state index in [1.54, 1.807) is 0 Å². The first-order valence-electron chi connectivity index (χ1n) is 6.08. The molecule has 1 aromatic rings. The van der Waals surface area contributed by atoms with E-state index in [0.29, 0.717) is 6.54 Å². The normalized spacial score (nSPS) is 13.2. The molecule has 1 aromatic carbocycles. The molecule has 1 amide bonds. The average Bonchev–Trinajstić information content (AvgIpc) is 2.25. The first kappa shape index (κ1) is 15.4. The van der Waals surface area contributed by atoms with Gasteiger partial charge in [0.15, 0.2) is 0 Å². The summed E-state index contributed by atoms with van der Waals surface area (Å²) in [5.41, 5.74) is 1.00. The molecule has 4 heteroatoms. The van der Waals surface area contributed by atoms with Gasteiger partial charge in [-0.05, 0) is 68.0 Å². The van der Waals surface area contributed by atoms with Gasteiger partial charge in [-0.1, -0.05) is 12.1 Å². The van der Waals surface area contributed by atoms with Gasteiger partial charge in [0.25, 0.3) is 0 Å². The van der Waals surface area contributed by atoms with Gasteiger partial charge < -0.3 is 10.6 Å². The number of hydrogen-bond acceptors (Lipinski definition) is 2. The maximum Gasteiger partial charge on any atom is 0.237 e. The van der Waals surface area contributed by atoms with Crippen LogP contribution in [0.25, 0.3) is 0 Å². The number of amides is 1. The Morgan fingerprint density at radius 2 is 1.83 bits per heavy atom. The standard InChI is InChI=1S/C14H21IN2O/c1-10(13(18)17-14(2,3)4)16-9-11-5-7-12(15)8-6-11/h5-8,10,16H,9H2,1-4H3,(H,17,18). The molecule has 0 aromatic heterocycles. The van der Waals surface area contributed by atoms with Crippen molar-refractivity contribution in [2.45, 2.75) is 45.8 Å². The zero-order valence-electron chi connectivity index (χ0n) is 11.4. The van der Waals surface area contributed by atoms with Crippen LogP contribution < -0.4 is 10.6 Å². The topological polar surface area (TPSA) is 41.1 Å². The van der Waals surface area contributed by atoms with E-state index in [-0.39, 0.29) is 17.5 Å². The molecule has 0 aliphatic heterocycles. The molecule has 1 unspecified atom stereocenters. The minimum atomic E-state index is -0.191. The third-order valence-corrected chi connectivity index (χ3v) is 3.14. The first-order chi connectivity index (χ1) is 8.28. The SMILES string of the molecule is CC(NCc1ccc(I)cc1)C(=O)NC(C)(C)C. The summed E-state index contributed by atoms with van der Waals surface area (Å²) in [6.07, 6.45) is 0. The maximum absolute atomic E-state index is 11.9. The lowest BCUT2D eigenvalue weighted by atomic mass is 10.1. The van der Waals surface area contributed by atoms with Crippen molar-refractivity contribution in [3.8, 4) is 0 Å². The van der Waals surface area contributed by atoms with Crippen molar-refractivity contribution in [3.63, 3.8) is 0 Å². The molecule has 0 saturated carbocycles. The molecule has 0 aliphatic rings. The molecule has 1 rings (SSSR count). The summed E-state index contributed by atoms with van der Waals surface area (Å²) in [4.78, 5) is 11.9. The van der Waals surface area contributed by atoms with Crippen LogP contribution in [0.2, 0.25) is 0 Å². The van der Waals surface area contributed by atoms with Crippen molar-refractivity contribution in [2.24, 2.45) is 0 Å². The molecule has 0 aliphatic carbocycles. The molecule has 0 fully saturated rings. The molecule has 2 N–H and O–H groups in total. The number of carbonyl (C=O) groups is 1. The van der Waals surface area contributed by atoms with Crippen molar-refractivity contribution >= 4 is 28.5 Å². The lowest BCUT2D eigenvalue weighted by Crippen LogP contribution is -2.49. The van der Waals surface area contributed by atoms with Crippen molar-refractivity contribution in [2.75, 3.05) is 0 Å². The van der Waals surface area contributed by atoms with E-state index in [0.717, 1.165) is 0 Å². The molecule has 0 radical (unpaired) electrons. The molecule has 0 saturated heterocycles. The Labute approximate surface area is 123 Å². The molecule has 18 heavy (non-hydrogen) atoms. The highest BCUT2D eigenvalue weighted by Gasteiger charge is 2.18. The Balaban J connectivity index is 2.43. The second-order valence-electron chi connectivity index (χ2n) is 5.47. The van der Waals surface area contributed by atoms with Gasteiger partial charge in [0.2, 0.25) is 5.91 Å². The monoisotopic (exact) mass is 360 g/mol. The molecular formula is C14H21IN2O. The highest BCUT2D eigenvalue weighted by molar-refractivity contribution is 14.1. The van der Waals surface area contributed by atoms with Crippen molar-refractivity contribution < 1.29 is 4.79 Å². The zero-order valence-corrected chi connectivity index (χ0v) is 13.5. The van der Waals surface area contributed by atoms with Crippen LogP contribution >= 0.6 is 22.6 Å². The number of nitrogens with one attached hydrogen (secondary N) is 2. The number of benzene rings is 1. The van der Waals surface area contributed by atoms with Gasteiger partial charge in [-0.15, -0.1) is 0 Å².